The number of hydrogen-bond donors (Lipinski definition) is 2. The van der Waals surface area contributed by atoms with Gasteiger partial charge in [0.05, 0.1) is 19.6 Å². The molecule has 9 heteroatoms. The number of ether oxygens (including phenoxy) is 1. The quantitative estimate of drug-likeness (QED) is 0.532. The molecule has 3 atom stereocenters. The second-order valence-electron chi connectivity index (χ2n) is 10.8. The predicted octanol–water partition coefficient (Wildman–Crippen LogP) is 2.81. The molecule has 1 aliphatic carbocycles. The molecule has 1 saturated carbocycles. The Morgan fingerprint density at radius 3 is 2.56 bits per heavy atom. The van der Waals surface area contributed by atoms with Gasteiger partial charge in [-0.15, -0.1) is 0 Å². The predicted molar refractivity (Wildman–Crippen MR) is 149 cm³/mol. The molecule has 0 unspecified atom stereocenters. The number of fused-ring (bicyclic) bond motifs is 1. The number of likely N-dealkylation sites (N-methyl/N-ethyl adjacent to an activating group) is 1. The number of benzene rings is 2. The molecular weight excluding hydrogens is 516 g/mol. The molecule has 1 fully saturated rings. The molecule has 0 saturated heterocycles. The molecule has 2 N–H and O–H groups in total. The maximum atomic E-state index is 13.7. The van der Waals surface area contributed by atoms with Gasteiger partial charge in [-0.05, 0) is 56.4 Å². The number of rotatable bonds is 6. The molecule has 2 aromatic rings. The molecule has 8 nitrogen and oxygen atoms in total. The molecule has 2 aliphatic rings. The number of aliphatic hydroxyl groups excluding tert-OH is 1. The van der Waals surface area contributed by atoms with E-state index in [-0.39, 0.29) is 48.6 Å². The third-order valence-corrected chi connectivity index (χ3v) is 9.63. The van der Waals surface area contributed by atoms with Crippen LogP contribution in [0.5, 0.6) is 5.75 Å². The SMILES string of the molecule is C[C@H]1CN([C@@H](C)CO)S(=O)(=O)c2ccc(C#CC3(O)CCCC3)cc2O[C@H]1CN(C)C(=O)Cc1ccccc1. The van der Waals surface area contributed by atoms with Crippen LogP contribution in [0, 0.1) is 17.8 Å². The molecule has 2 aromatic carbocycles. The van der Waals surface area contributed by atoms with Crippen molar-refractivity contribution in [3.63, 3.8) is 0 Å². The van der Waals surface area contributed by atoms with Crippen LogP contribution in [0.2, 0.25) is 0 Å². The summed E-state index contributed by atoms with van der Waals surface area (Å²) < 4.78 is 35.0. The van der Waals surface area contributed by atoms with Gasteiger partial charge in [0.2, 0.25) is 15.9 Å². The summed E-state index contributed by atoms with van der Waals surface area (Å²) in [6, 6.07) is 13.5. The fraction of sp³-hybridized carbons (Fsp3) is 0.500. The van der Waals surface area contributed by atoms with E-state index >= 15 is 0 Å². The first kappa shape index (κ1) is 29.1. The fourth-order valence-electron chi connectivity index (χ4n) is 5.07. The van der Waals surface area contributed by atoms with E-state index in [1.807, 2.05) is 37.3 Å². The lowest BCUT2D eigenvalue weighted by atomic mass is 10.0. The van der Waals surface area contributed by atoms with Crippen molar-refractivity contribution in [3.8, 4) is 17.6 Å². The molecule has 1 heterocycles. The van der Waals surface area contributed by atoms with Crippen LogP contribution in [0.1, 0.15) is 50.7 Å². The van der Waals surface area contributed by atoms with E-state index in [1.165, 1.54) is 10.4 Å². The minimum atomic E-state index is -3.99. The zero-order chi connectivity index (χ0) is 28.2. The van der Waals surface area contributed by atoms with E-state index in [4.69, 9.17) is 4.74 Å². The van der Waals surface area contributed by atoms with E-state index in [1.54, 1.807) is 31.0 Å². The molecule has 1 aliphatic heterocycles. The maximum Gasteiger partial charge on any atom is 0.247 e. The topological polar surface area (TPSA) is 107 Å². The first-order valence-corrected chi connectivity index (χ1v) is 14.9. The van der Waals surface area contributed by atoms with E-state index in [0.717, 1.165) is 18.4 Å². The van der Waals surface area contributed by atoms with Gasteiger partial charge in [-0.2, -0.15) is 4.31 Å². The minimum Gasteiger partial charge on any atom is -0.487 e. The maximum absolute atomic E-state index is 13.7. The van der Waals surface area contributed by atoms with Gasteiger partial charge in [0.1, 0.15) is 22.4 Å². The highest BCUT2D eigenvalue weighted by Gasteiger charge is 2.38. The standard InChI is InChI=1S/C30H38N2O6S/c1-22-19-32(23(2)21-33)39(36,37)28-12-11-25(13-16-30(35)14-7-8-15-30)17-26(28)38-27(22)20-31(3)29(34)18-24-9-5-4-6-10-24/h4-6,9-12,17,22-23,27,33,35H,7-8,14-15,18-21H2,1-3H3/t22-,23-,27-/m0/s1. The average Bonchev–Trinajstić information content (AvgIpc) is 3.36. The van der Waals surface area contributed by atoms with Crippen LogP contribution in [0.25, 0.3) is 0 Å². The van der Waals surface area contributed by atoms with Gasteiger partial charge in [-0.1, -0.05) is 49.1 Å². The van der Waals surface area contributed by atoms with Crippen LogP contribution < -0.4 is 4.74 Å². The zero-order valence-corrected chi connectivity index (χ0v) is 23.7. The first-order chi connectivity index (χ1) is 18.5. The number of nitrogens with zero attached hydrogens (tertiary/aromatic N) is 2. The van der Waals surface area contributed by atoms with E-state index < -0.39 is 27.8 Å². The molecule has 0 bridgehead atoms. The highest BCUT2D eigenvalue weighted by Crippen LogP contribution is 2.34. The lowest BCUT2D eigenvalue weighted by molar-refractivity contribution is -0.130. The van der Waals surface area contributed by atoms with Gasteiger partial charge in [0.15, 0.2) is 0 Å². The molecule has 4 rings (SSSR count). The summed E-state index contributed by atoms with van der Waals surface area (Å²) in [5.74, 6) is 5.75. The average molecular weight is 555 g/mol. The number of amides is 1. The lowest BCUT2D eigenvalue weighted by Crippen LogP contribution is -2.50. The molecule has 0 spiro atoms. The molecule has 39 heavy (non-hydrogen) atoms. The molecule has 0 radical (unpaired) electrons. The van der Waals surface area contributed by atoms with E-state index in [0.29, 0.717) is 18.4 Å². The van der Waals surface area contributed by atoms with E-state index in [2.05, 4.69) is 11.8 Å². The Bertz CT molecular complexity index is 1330. The van der Waals surface area contributed by atoms with Crippen LogP contribution in [-0.2, 0) is 21.2 Å². The summed E-state index contributed by atoms with van der Waals surface area (Å²) in [5.41, 5.74) is 0.419. The molecule has 210 valence electrons. The Hall–Kier alpha value is -2.90. The van der Waals surface area contributed by atoms with Gasteiger partial charge in [-0.3, -0.25) is 4.79 Å². The monoisotopic (exact) mass is 554 g/mol. The van der Waals surface area contributed by atoms with Crippen molar-refractivity contribution in [1.82, 2.24) is 9.21 Å². The van der Waals surface area contributed by atoms with E-state index in [9.17, 15) is 23.4 Å². The van der Waals surface area contributed by atoms with Crippen LogP contribution in [0.4, 0.5) is 0 Å². The zero-order valence-electron chi connectivity index (χ0n) is 22.8. The largest absolute Gasteiger partial charge is 0.487 e. The highest BCUT2D eigenvalue weighted by atomic mass is 32.2. The third-order valence-electron chi connectivity index (χ3n) is 7.62. The number of hydrogen-bond acceptors (Lipinski definition) is 6. The normalized spacial score (nSPS) is 22.8. The summed E-state index contributed by atoms with van der Waals surface area (Å²) in [4.78, 5) is 14.6. The summed E-state index contributed by atoms with van der Waals surface area (Å²) in [5, 5.41) is 20.5. The Morgan fingerprint density at radius 1 is 1.21 bits per heavy atom. The van der Waals surface area contributed by atoms with Crippen molar-refractivity contribution in [2.24, 2.45) is 5.92 Å². The van der Waals surface area contributed by atoms with Gasteiger partial charge in [0.25, 0.3) is 0 Å². The van der Waals surface area contributed by atoms with Crippen LogP contribution in [0.3, 0.4) is 0 Å². The van der Waals surface area contributed by atoms with Crippen molar-refractivity contribution in [1.29, 1.82) is 0 Å². The first-order valence-electron chi connectivity index (χ1n) is 13.5. The summed E-state index contributed by atoms with van der Waals surface area (Å²) >= 11 is 0. The number of carbonyl (C=O) groups excluding carboxylic acids is 1. The third kappa shape index (κ3) is 6.82. The van der Waals surface area contributed by atoms with Crippen LogP contribution in [0.15, 0.2) is 53.4 Å². The Labute approximate surface area is 231 Å². The number of sulfonamides is 1. The minimum absolute atomic E-state index is 0.0110. The van der Waals surface area contributed by atoms with Gasteiger partial charge < -0.3 is 19.8 Å². The summed E-state index contributed by atoms with van der Waals surface area (Å²) in [6.45, 7) is 3.60. The molecular formula is C30H38N2O6S. The summed E-state index contributed by atoms with van der Waals surface area (Å²) in [7, 11) is -2.27. The second kappa shape index (κ2) is 12.1. The molecule has 0 aromatic heterocycles. The van der Waals surface area contributed by atoms with Gasteiger partial charge >= 0.3 is 0 Å². The van der Waals surface area contributed by atoms with Gasteiger partial charge in [-0.25, -0.2) is 8.42 Å². The Morgan fingerprint density at radius 2 is 1.90 bits per heavy atom. The van der Waals surface area contributed by atoms with Crippen molar-refractivity contribution in [3.05, 3.63) is 59.7 Å². The van der Waals surface area contributed by atoms with Crippen molar-refractivity contribution in [2.45, 2.75) is 68.6 Å². The van der Waals surface area contributed by atoms with Crippen LogP contribution >= 0.6 is 0 Å². The lowest BCUT2D eigenvalue weighted by Gasteiger charge is -2.37. The molecule has 1 amide bonds. The summed E-state index contributed by atoms with van der Waals surface area (Å²) in [6.07, 6.45) is 2.82. The van der Waals surface area contributed by atoms with Crippen molar-refractivity contribution in [2.75, 3.05) is 26.7 Å². The fourth-order valence-corrected chi connectivity index (χ4v) is 6.90. The smallest absolute Gasteiger partial charge is 0.247 e. The van der Waals surface area contributed by atoms with Crippen molar-refractivity contribution < 1.29 is 28.2 Å². The highest BCUT2D eigenvalue weighted by molar-refractivity contribution is 7.89. The van der Waals surface area contributed by atoms with Gasteiger partial charge in [0, 0.05) is 31.1 Å². The number of aliphatic hydroxyl groups is 2. The Balaban J connectivity index is 1.66. The number of carbonyl (C=O) groups is 1. The van der Waals surface area contributed by atoms with Crippen molar-refractivity contribution >= 4 is 15.9 Å². The Kier molecular flexibility index (Phi) is 9.02. The second-order valence-corrected chi connectivity index (χ2v) is 12.7. The van der Waals surface area contributed by atoms with Crippen LogP contribution in [-0.4, -0.2) is 78.2 Å².